The van der Waals surface area contributed by atoms with E-state index in [1.165, 1.54) is 4.31 Å². The smallest absolute Gasteiger partial charge is 0.266 e. The predicted molar refractivity (Wildman–Crippen MR) is 94.9 cm³/mol. The van der Waals surface area contributed by atoms with Gasteiger partial charge in [-0.1, -0.05) is 6.42 Å². The van der Waals surface area contributed by atoms with Crippen molar-refractivity contribution in [1.29, 1.82) is 0 Å². The fourth-order valence-corrected chi connectivity index (χ4v) is 4.52. The van der Waals surface area contributed by atoms with Gasteiger partial charge in [-0.15, -0.1) is 0 Å². The lowest BCUT2D eigenvalue weighted by atomic mass is 10.0. The second kappa shape index (κ2) is 6.81. The highest BCUT2D eigenvalue weighted by Gasteiger charge is 2.35. The Bertz CT molecular complexity index is 861. The Morgan fingerprint density at radius 3 is 2.64 bits per heavy atom. The lowest BCUT2D eigenvalue weighted by Gasteiger charge is -2.35. The third kappa shape index (κ3) is 3.44. The third-order valence-electron chi connectivity index (χ3n) is 4.49. The number of piperidine rings is 1. The van der Waals surface area contributed by atoms with Crippen LogP contribution >= 0.6 is 0 Å². The van der Waals surface area contributed by atoms with E-state index < -0.39 is 10.2 Å². The van der Waals surface area contributed by atoms with Crippen LogP contribution < -0.4 is 0 Å². The normalized spacial score (nSPS) is 19.5. The van der Waals surface area contributed by atoms with Crippen molar-refractivity contribution in [3.05, 3.63) is 29.8 Å². The summed E-state index contributed by atoms with van der Waals surface area (Å²) in [6.45, 7) is 2.34. The van der Waals surface area contributed by atoms with Gasteiger partial charge in [0.2, 0.25) is 0 Å². The number of rotatable bonds is 4. The molecule has 1 aliphatic rings. The molecule has 0 radical (unpaired) electrons. The molecule has 1 fully saturated rings. The standard InChI is InChI=1S/C16H24N6O2S/c1-12-18-13(15-8-9-17-21(15)4)11-14(19-12)16-7-5-6-10-22(16)25(23,24)20(2)3/h8-9,11,16H,5-7,10H2,1-4H3. The summed E-state index contributed by atoms with van der Waals surface area (Å²) in [4.78, 5) is 9.06. The molecule has 9 heteroatoms. The molecular weight excluding hydrogens is 340 g/mol. The van der Waals surface area contributed by atoms with Crippen LogP contribution in [0.15, 0.2) is 18.3 Å². The zero-order chi connectivity index (χ0) is 18.2. The zero-order valence-corrected chi connectivity index (χ0v) is 15.9. The van der Waals surface area contributed by atoms with Crippen molar-refractivity contribution < 1.29 is 8.42 Å². The first-order valence-corrected chi connectivity index (χ1v) is 9.73. The Kier molecular flexibility index (Phi) is 4.90. The molecule has 1 atom stereocenters. The highest BCUT2D eigenvalue weighted by molar-refractivity contribution is 7.86. The average molecular weight is 364 g/mol. The van der Waals surface area contributed by atoms with E-state index in [1.54, 1.807) is 29.3 Å². The summed E-state index contributed by atoms with van der Waals surface area (Å²) in [5.41, 5.74) is 2.38. The molecule has 2 aromatic rings. The van der Waals surface area contributed by atoms with Crippen molar-refractivity contribution in [2.45, 2.75) is 32.2 Å². The molecule has 0 N–H and O–H groups in total. The zero-order valence-electron chi connectivity index (χ0n) is 15.0. The van der Waals surface area contributed by atoms with Crippen LogP contribution in [0.25, 0.3) is 11.4 Å². The maximum atomic E-state index is 12.7. The van der Waals surface area contributed by atoms with Crippen LogP contribution in [0.5, 0.6) is 0 Å². The van der Waals surface area contributed by atoms with E-state index in [1.807, 2.05) is 26.1 Å². The summed E-state index contributed by atoms with van der Waals surface area (Å²) in [6, 6.07) is 3.51. The van der Waals surface area contributed by atoms with Crippen LogP contribution in [0.1, 0.15) is 36.8 Å². The molecule has 0 amide bonds. The fourth-order valence-electron chi connectivity index (χ4n) is 3.20. The Labute approximate surface area is 148 Å². The van der Waals surface area contributed by atoms with Crippen LogP contribution in [0.4, 0.5) is 0 Å². The van der Waals surface area contributed by atoms with Crippen molar-refractivity contribution in [3.8, 4) is 11.4 Å². The van der Waals surface area contributed by atoms with E-state index in [0.717, 1.165) is 36.3 Å². The van der Waals surface area contributed by atoms with Gasteiger partial charge in [-0.2, -0.15) is 22.1 Å². The largest absolute Gasteiger partial charge is 0.282 e. The van der Waals surface area contributed by atoms with Crippen LogP contribution in [0.3, 0.4) is 0 Å². The molecule has 136 valence electrons. The van der Waals surface area contributed by atoms with Gasteiger partial charge < -0.3 is 0 Å². The lowest BCUT2D eigenvalue weighted by molar-refractivity contribution is 0.238. The molecule has 0 aliphatic carbocycles. The highest BCUT2D eigenvalue weighted by atomic mass is 32.2. The molecule has 3 heterocycles. The van der Waals surface area contributed by atoms with Gasteiger partial charge in [-0.25, -0.2) is 9.97 Å². The van der Waals surface area contributed by atoms with Crippen molar-refractivity contribution in [2.75, 3.05) is 20.6 Å². The van der Waals surface area contributed by atoms with Crippen LogP contribution in [-0.2, 0) is 17.3 Å². The summed E-state index contributed by atoms with van der Waals surface area (Å²) in [5, 5.41) is 4.19. The minimum Gasteiger partial charge on any atom is -0.266 e. The molecule has 8 nitrogen and oxygen atoms in total. The Balaban J connectivity index is 2.05. The number of aryl methyl sites for hydroxylation is 2. The number of aromatic nitrogens is 4. The van der Waals surface area contributed by atoms with Gasteiger partial charge >= 0.3 is 0 Å². The van der Waals surface area contributed by atoms with Gasteiger partial charge in [0.05, 0.1) is 23.1 Å². The predicted octanol–water partition coefficient (Wildman–Crippen LogP) is 1.52. The molecule has 1 saturated heterocycles. The second-order valence-corrected chi connectivity index (χ2v) is 8.57. The van der Waals surface area contributed by atoms with Crippen LogP contribution in [-0.4, -0.2) is 57.4 Å². The molecule has 1 unspecified atom stereocenters. The molecule has 0 saturated carbocycles. The summed E-state index contributed by atoms with van der Waals surface area (Å²) in [7, 11) is 1.49. The summed E-state index contributed by atoms with van der Waals surface area (Å²) in [6.07, 6.45) is 4.32. The highest BCUT2D eigenvalue weighted by Crippen LogP contribution is 2.34. The summed E-state index contributed by atoms with van der Waals surface area (Å²) in [5.74, 6) is 0.626. The summed E-state index contributed by atoms with van der Waals surface area (Å²) >= 11 is 0. The van der Waals surface area contributed by atoms with Gasteiger partial charge in [0.15, 0.2) is 0 Å². The molecule has 0 spiro atoms. The molecule has 25 heavy (non-hydrogen) atoms. The first-order valence-electron chi connectivity index (χ1n) is 8.34. The van der Waals surface area contributed by atoms with Crippen molar-refractivity contribution in [2.24, 2.45) is 7.05 Å². The van der Waals surface area contributed by atoms with E-state index in [0.29, 0.717) is 12.4 Å². The maximum Gasteiger partial charge on any atom is 0.282 e. The van der Waals surface area contributed by atoms with Crippen LogP contribution in [0, 0.1) is 6.92 Å². The minimum atomic E-state index is -3.50. The van der Waals surface area contributed by atoms with E-state index in [-0.39, 0.29) is 6.04 Å². The van der Waals surface area contributed by atoms with Gasteiger partial charge in [0.1, 0.15) is 5.82 Å². The maximum absolute atomic E-state index is 12.7. The first-order chi connectivity index (χ1) is 11.8. The van der Waals surface area contributed by atoms with Crippen molar-refractivity contribution >= 4 is 10.2 Å². The first kappa shape index (κ1) is 18.0. The lowest BCUT2D eigenvalue weighted by Crippen LogP contribution is -2.44. The molecule has 3 rings (SSSR count). The average Bonchev–Trinajstić information content (AvgIpc) is 3.00. The number of hydrogen-bond donors (Lipinski definition) is 0. The fraction of sp³-hybridized carbons (Fsp3) is 0.562. The van der Waals surface area contributed by atoms with Gasteiger partial charge in [-0.05, 0) is 31.9 Å². The molecule has 2 aromatic heterocycles. The van der Waals surface area contributed by atoms with E-state index in [4.69, 9.17) is 0 Å². The second-order valence-electron chi connectivity index (χ2n) is 6.48. The number of nitrogens with zero attached hydrogens (tertiary/aromatic N) is 6. The Morgan fingerprint density at radius 1 is 1.24 bits per heavy atom. The molecule has 1 aliphatic heterocycles. The SMILES string of the molecule is Cc1nc(-c2ccnn2C)cc(C2CCCCN2S(=O)(=O)N(C)C)n1. The Hall–Kier alpha value is -1.84. The molecule has 0 aromatic carbocycles. The van der Waals surface area contributed by atoms with Crippen molar-refractivity contribution in [1.82, 2.24) is 28.4 Å². The van der Waals surface area contributed by atoms with E-state index in [9.17, 15) is 8.42 Å². The quantitative estimate of drug-likeness (QED) is 0.821. The monoisotopic (exact) mass is 364 g/mol. The van der Waals surface area contributed by atoms with Gasteiger partial charge in [-0.3, -0.25) is 4.68 Å². The van der Waals surface area contributed by atoms with E-state index in [2.05, 4.69) is 15.1 Å². The minimum absolute atomic E-state index is 0.269. The molecular formula is C16H24N6O2S. The van der Waals surface area contributed by atoms with Crippen LogP contribution in [0.2, 0.25) is 0 Å². The number of hydrogen-bond acceptors (Lipinski definition) is 5. The third-order valence-corrected chi connectivity index (χ3v) is 6.45. The van der Waals surface area contributed by atoms with Gasteiger partial charge in [0.25, 0.3) is 10.2 Å². The topological polar surface area (TPSA) is 84.2 Å². The summed E-state index contributed by atoms with van der Waals surface area (Å²) < 4.78 is 30.0. The van der Waals surface area contributed by atoms with Crippen molar-refractivity contribution in [3.63, 3.8) is 0 Å². The Morgan fingerprint density at radius 2 is 2.00 bits per heavy atom. The van der Waals surface area contributed by atoms with Gasteiger partial charge in [0, 0.05) is 33.9 Å². The van der Waals surface area contributed by atoms with E-state index >= 15 is 0 Å². The molecule has 0 bridgehead atoms.